The number of likely N-dealkylation sites (tertiary alicyclic amines) is 1. The average molecular weight is 662 g/mol. The van der Waals surface area contributed by atoms with Gasteiger partial charge in [0, 0.05) is 69.4 Å². The third kappa shape index (κ3) is 7.05. The van der Waals surface area contributed by atoms with Gasteiger partial charge in [0.2, 0.25) is 5.88 Å². The lowest BCUT2D eigenvalue weighted by atomic mass is 9.97. The molecule has 0 aliphatic carbocycles. The third-order valence-corrected chi connectivity index (χ3v) is 8.61. The monoisotopic (exact) mass is 661 g/mol. The predicted molar refractivity (Wildman–Crippen MR) is 164 cm³/mol. The Labute approximate surface area is 270 Å². The minimum atomic E-state index is -4.87. The molecule has 5 heterocycles. The highest BCUT2D eigenvalue weighted by molar-refractivity contribution is 5.96. The molecule has 11 nitrogen and oxygen atoms in total. The van der Waals surface area contributed by atoms with E-state index < -0.39 is 47.2 Å². The Bertz CT molecular complexity index is 1520. The summed E-state index contributed by atoms with van der Waals surface area (Å²) in [5.74, 6) is -1.59. The molecule has 0 spiro atoms. The van der Waals surface area contributed by atoms with Gasteiger partial charge in [0.05, 0.1) is 24.4 Å². The van der Waals surface area contributed by atoms with Crippen LogP contribution in [0.25, 0.3) is 0 Å². The number of carbonyl (C=O) groups is 2. The molecular weight excluding hydrogens is 622 g/mol. The van der Waals surface area contributed by atoms with Gasteiger partial charge in [0.25, 0.3) is 11.8 Å². The molecule has 15 heteroatoms. The van der Waals surface area contributed by atoms with E-state index >= 15 is 0 Å². The first-order valence-electron chi connectivity index (χ1n) is 15.5. The SMILES string of the molecule is CCOC1(c2cccnc2)C=CC(N2CCN(C(=O)c3ccc(OC)nc3C(F)(F)F)C[C@H]2CC)=C(C(=O)N[C@@H]2CN(C)C[C@H]2F)N1. The predicted octanol–water partition coefficient (Wildman–Crippen LogP) is 3.07. The number of carbonyl (C=O) groups excluding carboxylic acids is 2. The molecule has 0 radical (unpaired) electrons. The van der Waals surface area contributed by atoms with Crippen molar-refractivity contribution in [1.82, 2.24) is 35.3 Å². The molecule has 0 aromatic carbocycles. The number of amides is 2. The number of alkyl halides is 4. The second kappa shape index (κ2) is 13.9. The van der Waals surface area contributed by atoms with Crippen molar-refractivity contribution in [3.8, 4) is 5.88 Å². The normalized spacial score (nSPS) is 25.1. The quantitative estimate of drug-likeness (QED) is 0.392. The fraction of sp³-hybridized carbons (Fsp3) is 0.500. The summed E-state index contributed by atoms with van der Waals surface area (Å²) in [5, 5.41) is 6.13. The van der Waals surface area contributed by atoms with Gasteiger partial charge < -0.3 is 34.8 Å². The van der Waals surface area contributed by atoms with Crippen molar-refractivity contribution in [2.45, 2.75) is 50.4 Å². The fourth-order valence-corrected chi connectivity index (χ4v) is 6.28. The van der Waals surface area contributed by atoms with Gasteiger partial charge in [-0.1, -0.05) is 13.0 Å². The zero-order valence-electron chi connectivity index (χ0n) is 26.7. The number of pyridine rings is 2. The van der Waals surface area contributed by atoms with Crippen LogP contribution in [0.1, 0.15) is 41.9 Å². The van der Waals surface area contributed by atoms with Crippen molar-refractivity contribution in [2.75, 3.05) is 53.5 Å². The summed E-state index contributed by atoms with van der Waals surface area (Å²) >= 11 is 0. The Morgan fingerprint density at radius 3 is 2.55 bits per heavy atom. The van der Waals surface area contributed by atoms with Crippen LogP contribution in [0.3, 0.4) is 0 Å². The van der Waals surface area contributed by atoms with Crippen molar-refractivity contribution in [2.24, 2.45) is 0 Å². The molecule has 4 atom stereocenters. The maximum absolute atomic E-state index is 14.8. The summed E-state index contributed by atoms with van der Waals surface area (Å²) in [4.78, 5) is 40.3. The van der Waals surface area contributed by atoms with Gasteiger partial charge in [-0.3, -0.25) is 14.6 Å². The van der Waals surface area contributed by atoms with Crippen LogP contribution in [0.2, 0.25) is 0 Å². The van der Waals surface area contributed by atoms with E-state index in [0.29, 0.717) is 24.2 Å². The van der Waals surface area contributed by atoms with E-state index in [2.05, 4.69) is 20.6 Å². The van der Waals surface area contributed by atoms with Crippen LogP contribution in [-0.4, -0.2) is 108 Å². The van der Waals surface area contributed by atoms with Gasteiger partial charge >= 0.3 is 6.18 Å². The van der Waals surface area contributed by atoms with Crippen LogP contribution in [0, 0.1) is 0 Å². The van der Waals surface area contributed by atoms with Crippen LogP contribution in [0.15, 0.2) is 60.2 Å². The first-order valence-corrected chi connectivity index (χ1v) is 15.5. The Kier molecular flexibility index (Phi) is 10.1. The lowest BCUT2D eigenvalue weighted by Crippen LogP contribution is -2.57. The zero-order valence-corrected chi connectivity index (χ0v) is 26.7. The number of nitrogens with one attached hydrogen (secondary N) is 2. The summed E-state index contributed by atoms with van der Waals surface area (Å²) in [6.07, 6.45) is 1.16. The molecule has 3 aliphatic heterocycles. The number of allylic oxidation sites excluding steroid dienone is 1. The van der Waals surface area contributed by atoms with Gasteiger partial charge in [0.1, 0.15) is 11.9 Å². The van der Waals surface area contributed by atoms with Crippen molar-refractivity contribution in [3.63, 3.8) is 0 Å². The first-order chi connectivity index (χ1) is 22.4. The summed E-state index contributed by atoms with van der Waals surface area (Å²) in [6.45, 7) is 4.90. The number of nitrogens with zero attached hydrogens (tertiary/aromatic N) is 5. The van der Waals surface area contributed by atoms with Gasteiger partial charge in [-0.25, -0.2) is 9.37 Å². The molecule has 2 N–H and O–H groups in total. The van der Waals surface area contributed by atoms with Crippen molar-refractivity contribution in [3.05, 3.63) is 77.0 Å². The second-order valence-corrected chi connectivity index (χ2v) is 11.7. The van der Waals surface area contributed by atoms with Gasteiger partial charge in [-0.05, 0) is 44.7 Å². The number of aromatic nitrogens is 2. The first kappa shape index (κ1) is 34.1. The number of dihydropyridines is 1. The Hall–Kier alpha value is -4.24. The largest absolute Gasteiger partial charge is 0.481 e. The summed E-state index contributed by atoms with van der Waals surface area (Å²) in [5.41, 5.74) is -1.86. The van der Waals surface area contributed by atoms with Crippen molar-refractivity contribution in [1.29, 1.82) is 0 Å². The van der Waals surface area contributed by atoms with E-state index in [0.717, 1.165) is 6.07 Å². The number of halogens is 4. The van der Waals surface area contributed by atoms with Gasteiger partial charge in [-0.15, -0.1) is 0 Å². The number of hydrogen-bond donors (Lipinski definition) is 2. The molecule has 3 aliphatic rings. The summed E-state index contributed by atoms with van der Waals surface area (Å²) in [7, 11) is 2.98. The van der Waals surface area contributed by atoms with E-state index in [9.17, 15) is 27.2 Å². The molecule has 2 amide bonds. The number of hydrogen-bond acceptors (Lipinski definition) is 9. The highest BCUT2D eigenvalue weighted by Crippen LogP contribution is 2.35. The van der Waals surface area contributed by atoms with E-state index in [-0.39, 0.29) is 50.4 Å². The van der Waals surface area contributed by atoms with Crippen LogP contribution in [0.4, 0.5) is 17.6 Å². The van der Waals surface area contributed by atoms with E-state index in [1.165, 1.54) is 18.1 Å². The molecule has 1 unspecified atom stereocenters. The molecule has 2 aromatic heterocycles. The molecule has 5 rings (SSSR count). The minimum absolute atomic E-state index is 0.0735. The highest BCUT2D eigenvalue weighted by Gasteiger charge is 2.43. The van der Waals surface area contributed by atoms with E-state index in [1.54, 1.807) is 42.6 Å². The molecule has 254 valence electrons. The maximum atomic E-state index is 14.8. The van der Waals surface area contributed by atoms with Crippen LogP contribution < -0.4 is 15.4 Å². The molecule has 0 bridgehead atoms. The smallest absolute Gasteiger partial charge is 0.434 e. The fourth-order valence-electron chi connectivity index (χ4n) is 6.28. The van der Waals surface area contributed by atoms with E-state index in [1.807, 2.05) is 24.8 Å². The van der Waals surface area contributed by atoms with Crippen LogP contribution >= 0.6 is 0 Å². The number of ether oxygens (including phenoxy) is 2. The average Bonchev–Trinajstić information content (AvgIpc) is 3.39. The standard InChI is InChI=1S/C32H39F4N7O4/c1-5-21-17-42(30(45)22-9-10-26(46-4)39-28(22)32(34,35)36)14-15-43(21)25-11-12-31(47-6-2,20-8-7-13-37-16-20)40-27(25)29(44)38-24-19-41(3)18-23(24)33/h7-13,16,21,23-24,40H,5-6,14-15,17-19H2,1-4H3,(H,38,44)/t21-,23-,24-,31?/m1/s1. The van der Waals surface area contributed by atoms with Crippen LogP contribution in [-0.2, 0) is 21.4 Å². The molecule has 2 saturated heterocycles. The Morgan fingerprint density at radius 1 is 1.15 bits per heavy atom. The van der Waals surface area contributed by atoms with Gasteiger partial charge in [-0.2, -0.15) is 13.2 Å². The lowest BCUT2D eigenvalue weighted by Gasteiger charge is -2.46. The topological polar surface area (TPSA) is 112 Å². The number of piperazine rings is 1. The lowest BCUT2D eigenvalue weighted by molar-refractivity contribution is -0.141. The summed E-state index contributed by atoms with van der Waals surface area (Å²) < 4.78 is 67.5. The van der Waals surface area contributed by atoms with Crippen molar-refractivity contribution < 1.29 is 36.6 Å². The maximum Gasteiger partial charge on any atom is 0.434 e. The third-order valence-electron chi connectivity index (χ3n) is 8.61. The Morgan fingerprint density at radius 2 is 1.94 bits per heavy atom. The number of likely N-dealkylation sites (N-methyl/N-ethyl adjacent to an activating group) is 1. The molecule has 2 fully saturated rings. The molecule has 47 heavy (non-hydrogen) atoms. The van der Waals surface area contributed by atoms with E-state index in [4.69, 9.17) is 9.47 Å². The molecule has 2 aromatic rings. The number of rotatable bonds is 9. The Balaban J connectivity index is 1.47. The van der Waals surface area contributed by atoms with Crippen molar-refractivity contribution >= 4 is 11.8 Å². The molecule has 0 saturated carbocycles. The van der Waals surface area contributed by atoms with Gasteiger partial charge in [0.15, 0.2) is 11.4 Å². The van der Waals surface area contributed by atoms with Crippen LogP contribution in [0.5, 0.6) is 5.88 Å². The second-order valence-electron chi connectivity index (χ2n) is 11.7. The number of methoxy groups -OCH3 is 1. The highest BCUT2D eigenvalue weighted by atomic mass is 19.4. The minimum Gasteiger partial charge on any atom is -0.481 e. The zero-order chi connectivity index (χ0) is 33.9. The molecular formula is C32H39F4N7O4. The summed E-state index contributed by atoms with van der Waals surface area (Å²) in [6, 6.07) is 4.76.